The summed E-state index contributed by atoms with van der Waals surface area (Å²) in [7, 11) is 1.49. The average Bonchev–Trinajstić information content (AvgIpc) is 2.19. The van der Waals surface area contributed by atoms with E-state index in [9.17, 15) is 9.18 Å². The summed E-state index contributed by atoms with van der Waals surface area (Å²) >= 11 is 11.1. The van der Waals surface area contributed by atoms with Crippen LogP contribution in [0.25, 0.3) is 0 Å². The molecule has 0 radical (unpaired) electrons. The predicted octanol–water partition coefficient (Wildman–Crippen LogP) is 2.68. The maximum atomic E-state index is 12.8. The molecule has 14 heavy (non-hydrogen) atoms. The monoisotopic (exact) mass is 235 g/mol. The number of benzene rings is 1. The number of anilines is 1. The Kier molecular flexibility index (Phi) is 3.72. The van der Waals surface area contributed by atoms with Gasteiger partial charge in [-0.2, -0.15) is 0 Å². The van der Waals surface area contributed by atoms with Gasteiger partial charge in [-0.3, -0.25) is 4.79 Å². The minimum Gasteiger partial charge on any atom is -0.313 e. The van der Waals surface area contributed by atoms with Crippen LogP contribution in [0, 0.1) is 5.82 Å². The fourth-order valence-corrected chi connectivity index (χ4v) is 1.39. The van der Waals surface area contributed by atoms with E-state index in [-0.39, 0.29) is 11.8 Å². The van der Waals surface area contributed by atoms with Crippen molar-refractivity contribution in [2.24, 2.45) is 0 Å². The molecule has 76 valence electrons. The van der Waals surface area contributed by atoms with Crippen LogP contribution in [-0.4, -0.2) is 18.8 Å². The van der Waals surface area contributed by atoms with Crippen LogP contribution in [-0.2, 0) is 4.79 Å². The lowest BCUT2D eigenvalue weighted by atomic mass is 10.3. The Balaban J connectivity index is 3.05. The Morgan fingerprint density at radius 2 is 2.21 bits per heavy atom. The highest BCUT2D eigenvalue weighted by atomic mass is 35.5. The van der Waals surface area contributed by atoms with Crippen molar-refractivity contribution in [1.29, 1.82) is 0 Å². The van der Waals surface area contributed by atoms with Crippen molar-refractivity contribution in [3.05, 3.63) is 29.0 Å². The van der Waals surface area contributed by atoms with Crippen LogP contribution < -0.4 is 4.90 Å². The molecule has 0 aromatic heterocycles. The minimum atomic E-state index is -0.446. The Labute approximate surface area is 91.2 Å². The number of hydrogen-bond acceptors (Lipinski definition) is 1. The van der Waals surface area contributed by atoms with E-state index in [0.29, 0.717) is 10.7 Å². The lowest BCUT2D eigenvalue weighted by molar-refractivity contribution is -0.116. The first-order chi connectivity index (χ1) is 6.56. The lowest BCUT2D eigenvalue weighted by Crippen LogP contribution is -2.27. The van der Waals surface area contributed by atoms with Crippen LogP contribution in [0.4, 0.5) is 10.1 Å². The van der Waals surface area contributed by atoms with Gasteiger partial charge in [0.05, 0.1) is 10.7 Å². The molecule has 0 N–H and O–H groups in total. The van der Waals surface area contributed by atoms with E-state index in [1.54, 1.807) is 0 Å². The highest BCUT2D eigenvalue weighted by molar-refractivity contribution is 6.34. The number of nitrogens with zero attached hydrogens (tertiary/aromatic N) is 1. The van der Waals surface area contributed by atoms with Crippen molar-refractivity contribution in [3.63, 3.8) is 0 Å². The smallest absolute Gasteiger partial charge is 0.241 e. The summed E-state index contributed by atoms with van der Waals surface area (Å²) in [5.41, 5.74) is 0.317. The van der Waals surface area contributed by atoms with Gasteiger partial charge in [0.15, 0.2) is 0 Å². The topological polar surface area (TPSA) is 20.3 Å². The molecule has 1 aromatic carbocycles. The molecule has 1 amide bonds. The molecule has 0 aliphatic carbocycles. The molecule has 5 heteroatoms. The maximum absolute atomic E-state index is 12.8. The van der Waals surface area contributed by atoms with E-state index in [0.717, 1.165) is 0 Å². The highest BCUT2D eigenvalue weighted by Gasteiger charge is 2.13. The number of rotatable bonds is 2. The van der Waals surface area contributed by atoms with E-state index in [1.807, 2.05) is 0 Å². The Bertz CT molecular complexity index is 357. The number of amides is 1. The van der Waals surface area contributed by atoms with Gasteiger partial charge >= 0.3 is 0 Å². The minimum absolute atomic E-state index is 0.163. The summed E-state index contributed by atoms with van der Waals surface area (Å²) in [6.07, 6.45) is 0. The molecule has 0 heterocycles. The van der Waals surface area contributed by atoms with Crippen LogP contribution >= 0.6 is 23.2 Å². The third-order valence-corrected chi connectivity index (χ3v) is 2.31. The number of carbonyl (C=O) groups excluding carboxylic acids is 1. The largest absolute Gasteiger partial charge is 0.313 e. The van der Waals surface area contributed by atoms with Crippen LogP contribution in [0.3, 0.4) is 0 Å². The normalized spacial score (nSPS) is 10.0. The molecule has 2 nitrogen and oxygen atoms in total. The molecule has 1 aromatic rings. The van der Waals surface area contributed by atoms with Gasteiger partial charge in [0.25, 0.3) is 0 Å². The van der Waals surface area contributed by atoms with Crippen molar-refractivity contribution in [2.45, 2.75) is 0 Å². The fraction of sp³-hybridized carbons (Fsp3) is 0.222. The molecular formula is C9H8Cl2FNO. The van der Waals surface area contributed by atoms with E-state index in [2.05, 4.69) is 0 Å². The molecule has 0 unspecified atom stereocenters. The summed E-state index contributed by atoms with van der Waals surface area (Å²) in [5.74, 6) is -0.943. The molecule has 0 saturated heterocycles. The quantitative estimate of drug-likeness (QED) is 0.723. The van der Waals surface area contributed by atoms with E-state index in [1.165, 1.54) is 30.1 Å². The van der Waals surface area contributed by atoms with Gasteiger partial charge in [0.1, 0.15) is 11.7 Å². The van der Waals surface area contributed by atoms with Gasteiger partial charge in [-0.05, 0) is 18.2 Å². The number of halogens is 3. The summed E-state index contributed by atoms with van der Waals surface area (Å²) in [4.78, 5) is 12.4. The van der Waals surface area contributed by atoms with Crippen molar-refractivity contribution in [3.8, 4) is 0 Å². The van der Waals surface area contributed by atoms with Crippen molar-refractivity contribution in [1.82, 2.24) is 0 Å². The molecule has 0 spiro atoms. The first-order valence-corrected chi connectivity index (χ1v) is 4.75. The van der Waals surface area contributed by atoms with Crippen LogP contribution in [0.2, 0.25) is 5.02 Å². The molecule has 0 atom stereocenters. The van der Waals surface area contributed by atoms with Gasteiger partial charge in [0, 0.05) is 7.05 Å². The molecule has 0 fully saturated rings. The van der Waals surface area contributed by atoms with Crippen LogP contribution in [0.5, 0.6) is 0 Å². The van der Waals surface area contributed by atoms with Crippen LogP contribution in [0.15, 0.2) is 18.2 Å². The van der Waals surface area contributed by atoms with E-state index >= 15 is 0 Å². The Morgan fingerprint density at radius 1 is 1.57 bits per heavy atom. The van der Waals surface area contributed by atoms with Gasteiger partial charge < -0.3 is 4.90 Å². The molecule has 0 aliphatic rings. The maximum Gasteiger partial charge on any atom is 0.241 e. The zero-order valence-corrected chi connectivity index (χ0v) is 8.94. The summed E-state index contributed by atoms with van der Waals surface area (Å²) in [6, 6.07) is 3.81. The lowest BCUT2D eigenvalue weighted by Gasteiger charge is -2.17. The van der Waals surface area contributed by atoms with Gasteiger partial charge in [-0.15, -0.1) is 11.6 Å². The van der Waals surface area contributed by atoms with Gasteiger partial charge in [-0.1, -0.05) is 11.6 Å². The van der Waals surface area contributed by atoms with E-state index in [4.69, 9.17) is 23.2 Å². The number of carbonyl (C=O) groups is 1. The fourth-order valence-electron chi connectivity index (χ4n) is 0.967. The number of alkyl halides is 1. The van der Waals surface area contributed by atoms with Gasteiger partial charge in [-0.25, -0.2) is 4.39 Å². The van der Waals surface area contributed by atoms with E-state index < -0.39 is 5.82 Å². The van der Waals surface area contributed by atoms with Crippen molar-refractivity contribution >= 4 is 34.8 Å². The third kappa shape index (κ3) is 2.36. The standard InChI is InChI=1S/C9H8Cl2FNO/c1-13(9(14)5-10)8-4-6(12)2-3-7(8)11/h2-4H,5H2,1H3. The first-order valence-electron chi connectivity index (χ1n) is 3.84. The second-order valence-corrected chi connectivity index (χ2v) is 3.36. The average molecular weight is 236 g/mol. The van der Waals surface area contributed by atoms with Crippen molar-refractivity contribution < 1.29 is 9.18 Å². The summed E-state index contributed by atoms with van der Waals surface area (Å²) in [6.45, 7) is 0. The van der Waals surface area contributed by atoms with Gasteiger partial charge in [0.2, 0.25) is 5.91 Å². The van der Waals surface area contributed by atoms with Crippen molar-refractivity contribution in [2.75, 3.05) is 17.8 Å². The molecule has 0 saturated carbocycles. The predicted molar refractivity (Wildman–Crippen MR) is 55.5 cm³/mol. The first kappa shape index (κ1) is 11.3. The second-order valence-electron chi connectivity index (χ2n) is 2.68. The summed E-state index contributed by atoms with van der Waals surface area (Å²) < 4.78 is 12.8. The van der Waals surface area contributed by atoms with Crippen LogP contribution in [0.1, 0.15) is 0 Å². The zero-order valence-electron chi connectivity index (χ0n) is 7.43. The second kappa shape index (κ2) is 4.62. The Hall–Kier alpha value is -0.800. The third-order valence-electron chi connectivity index (χ3n) is 1.76. The number of hydrogen-bond donors (Lipinski definition) is 0. The Morgan fingerprint density at radius 3 is 2.79 bits per heavy atom. The highest BCUT2D eigenvalue weighted by Crippen LogP contribution is 2.25. The molecule has 0 aliphatic heterocycles. The molecule has 0 bridgehead atoms. The summed E-state index contributed by atoms with van der Waals surface area (Å²) in [5, 5.41) is 0.312. The molecule has 1 rings (SSSR count). The zero-order chi connectivity index (χ0) is 10.7. The SMILES string of the molecule is CN(C(=O)CCl)c1cc(F)ccc1Cl. The molecular weight excluding hydrogens is 228 g/mol.